The van der Waals surface area contributed by atoms with Gasteiger partial charge in [0.05, 0.1) is 5.41 Å². The molecule has 0 radical (unpaired) electrons. The number of amides is 1. The molecule has 0 spiro atoms. The Morgan fingerprint density at radius 1 is 1.38 bits per heavy atom. The lowest BCUT2D eigenvalue weighted by molar-refractivity contribution is -0.118. The third kappa shape index (κ3) is 3.37. The number of carbonyl (C=O) groups excluding carboxylic acids is 1. The number of aryl methyl sites for hydroxylation is 1. The molecule has 0 atom stereocenters. The maximum absolute atomic E-state index is 13.6. The minimum Gasteiger partial charge on any atom is -0.368 e. The van der Waals surface area contributed by atoms with Gasteiger partial charge in [-0.15, -0.1) is 0 Å². The number of hydrogen-bond acceptors (Lipinski definition) is 5. The summed E-state index contributed by atoms with van der Waals surface area (Å²) in [6.45, 7) is 1.24. The van der Waals surface area contributed by atoms with E-state index in [-0.39, 0.29) is 16.6 Å². The van der Waals surface area contributed by atoms with Crippen LogP contribution in [0.1, 0.15) is 41.9 Å². The fourth-order valence-electron chi connectivity index (χ4n) is 3.53. The summed E-state index contributed by atoms with van der Waals surface area (Å²) >= 11 is 6.27. The smallest absolute Gasteiger partial charge is 0.280 e. The quantitative estimate of drug-likeness (QED) is 0.651. The summed E-state index contributed by atoms with van der Waals surface area (Å²) in [5.41, 5.74) is 5.33. The first-order valence-corrected chi connectivity index (χ1v) is 9.04. The van der Waals surface area contributed by atoms with Crippen LogP contribution in [0.2, 0.25) is 5.02 Å². The summed E-state index contributed by atoms with van der Waals surface area (Å²) in [5.74, 6) is -1.02. The molecule has 2 aromatic heterocycles. The zero-order chi connectivity index (χ0) is 20.9. The van der Waals surface area contributed by atoms with Crippen LogP contribution in [0.15, 0.2) is 22.7 Å². The van der Waals surface area contributed by atoms with Crippen LogP contribution in [-0.2, 0) is 16.8 Å². The Morgan fingerprint density at radius 3 is 2.69 bits per heavy atom. The molecule has 1 amide bonds. The number of primary amides is 1. The summed E-state index contributed by atoms with van der Waals surface area (Å²) in [6.07, 6.45) is -1.51. The highest BCUT2D eigenvalue weighted by Crippen LogP contribution is 2.55. The monoisotopic (exact) mass is 425 g/mol. The van der Waals surface area contributed by atoms with Gasteiger partial charge in [-0.3, -0.25) is 9.48 Å². The average Bonchev–Trinajstić information content (AvgIpc) is 3.06. The van der Waals surface area contributed by atoms with Gasteiger partial charge in [-0.1, -0.05) is 16.8 Å². The Morgan fingerprint density at radius 2 is 2.10 bits per heavy atom. The second-order valence-electron chi connectivity index (χ2n) is 6.96. The van der Waals surface area contributed by atoms with E-state index >= 15 is 0 Å². The molecule has 3 aromatic rings. The molecule has 11 heteroatoms. The van der Waals surface area contributed by atoms with Crippen molar-refractivity contribution in [1.82, 2.24) is 19.9 Å². The molecule has 1 aromatic carbocycles. The predicted octanol–water partition coefficient (Wildman–Crippen LogP) is 3.54. The van der Waals surface area contributed by atoms with Gasteiger partial charge in [0.1, 0.15) is 18.1 Å². The summed E-state index contributed by atoms with van der Waals surface area (Å²) in [4.78, 5) is 15.4. The molecular formula is C18H15ClF3N5O2. The van der Waals surface area contributed by atoms with Crippen LogP contribution in [0.5, 0.6) is 0 Å². The zero-order valence-corrected chi connectivity index (χ0v) is 15.9. The number of rotatable bonds is 6. The van der Waals surface area contributed by atoms with Gasteiger partial charge in [0.2, 0.25) is 5.91 Å². The highest BCUT2D eigenvalue weighted by molar-refractivity contribution is 6.31. The molecule has 0 saturated heterocycles. The van der Waals surface area contributed by atoms with Gasteiger partial charge < -0.3 is 10.3 Å². The van der Waals surface area contributed by atoms with E-state index in [2.05, 4.69) is 15.2 Å². The third-order valence-corrected chi connectivity index (χ3v) is 5.19. The zero-order valence-electron chi connectivity index (χ0n) is 15.1. The van der Waals surface area contributed by atoms with Crippen LogP contribution in [0.3, 0.4) is 0 Å². The molecule has 0 bridgehead atoms. The van der Waals surface area contributed by atoms with E-state index < -0.39 is 35.8 Å². The molecule has 29 heavy (non-hydrogen) atoms. The molecule has 0 unspecified atom stereocenters. The van der Waals surface area contributed by atoms with Crippen molar-refractivity contribution in [3.63, 3.8) is 0 Å². The standard InChI is InChI=1S/C18H15ClF3N5O2/c1-8-4-9(20)5-10(19)14(8)18(2-3-18)17-24-16(29-26-17)11-6-12(15(21)22)27(25-11)7-13(23)28/h4-6,15H,2-3,7H2,1H3,(H2,23,28). The summed E-state index contributed by atoms with van der Waals surface area (Å²) in [6, 6.07) is 3.68. The third-order valence-electron chi connectivity index (χ3n) is 4.89. The van der Waals surface area contributed by atoms with E-state index in [1.165, 1.54) is 12.1 Å². The van der Waals surface area contributed by atoms with Crippen molar-refractivity contribution in [1.29, 1.82) is 0 Å². The van der Waals surface area contributed by atoms with Gasteiger partial charge in [-0.2, -0.15) is 10.1 Å². The number of benzene rings is 1. The number of aromatic nitrogens is 4. The summed E-state index contributed by atoms with van der Waals surface area (Å²) in [5, 5.41) is 8.19. The van der Waals surface area contributed by atoms with Gasteiger partial charge >= 0.3 is 0 Å². The minimum atomic E-state index is -2.87. The van der Waals surface area contributed by atoms with Crippen LogP contribution < -0.4 is 5.73 Å². The van der Waals surface area contributed by atoms with Crippen LogP contribution in [0.25, 0.3) is 11.6 Å². The molecule has 152 valence electrons. The van der Waals surface area contributed by atoms with E-state index in [0.717, 1.165) is 10.7 Å². The number of carbonyl (C=O) groups is 1. The lowest BCUT2D eigenvalue weighted by Crippen LogP contribution is -2.21. The van der Waals surface area contributed by atoms with E-state index in [9.17, 15) is 18.0 Å². The van der Waals surface area contributed by atoms with Crippen molar-refractivity contribution in [2.45, 2.75) is 38.2 Å². The molecule has 4 rings (SSSR count). The normalized spacial score (nSPS) is 15.1. The minimum absolute atomic E-state index is 0.00183. The van der Waals surface area contributed by atoms with Crippen LogP contribution >= 0.6 is 11.6 Å². The predicted molar refractivity (Wildman–Crippen MR) is 95.8 cm³/mol. The van der Waals surface area contributed by atoms with Crippen molar-refractivity contribution in [3.8, 4) is 11.6 Å². The second-order valence-corrected chi connectivity index (χ2v) is 7.37. The first-order chi connectivity index (χ1) is 13.7. The highest BCUT2D eigenvalue weighted by atomic mass is 35.5. The van der Waals surface area contributed by atoms with Gasteiger partial charge in [0, 0.05) is 5.02 Å². The van der Waals surface area contributed by atoms with Crippen molar-refractivity contribution < 1.29 is 22.5 Å². The fraction of sp³-hybridized carbons (Fsp3) is 0.333. The Hall–Kier alpha value is -2.88. The number of hydrogen-bond donors (Lipinski definition) is 1. The first-order valence-electron chi connectivity index (χ1n) is 8.66. The number of halogens is 4. The first kappa shape index (κ1) is 19.4. The highest BCUT2D eigenvalue weighted by Gasteiger charge is 2.52. The van der Waals surface area contributed by atoms with Gasteiger partial charge in [0.25, 0.3) is 12.3 Å². The lowest BCUT2D eigenvalue weighted by atomic mass is 9.91. The summed E-state index contributed by atoms with van der Waals surface area (Å²) < 4.78 is 46.1. The molecule has 7 nitrogen and oxygen atoms in total. The molecule has 1 aliphatic rings. The molecule has 0 aliphatic heterocycles. The summed E-state index contributed by atoms with van der Waals surface area (Å²) in [7, 11) is 0. The molecule has 1 aliphatic carbocycles. The maximum Gasteiger partial charge on any atom is 0.280 e. The fourth-order valence-corrected chi connectivity index (χ4v) is 3.96. The van der Waals surface area contributed by atoms with Crippen LogP contribution in [0, 0.1) is 12.7 Å². The van der Waals surface area contributed by atoms with E-state index in [1.807, 2.05) is 0 Å². The van der Waals surface area contributed by atoms with E-state index in [0.29, 0.717) is 29.8 Å². The van der Waals surface area contributed by atoms with Crippen molar-refractivity contribution in [2.24, 2.45) is 5.73 Å². The Kier molecular flexibility index (Phi) is 4.60. The molecule has 2 N–H and O–H groups in total. The Bertz CT molecular complexity index is 1080. The Labute approximate surface area is 167 Å². The van der Waals surface area contributed by atoms with Gasteiger partial charge in [-0.25, -0.2) is 13.2 Å². The SMILES string of the molecule is Cc1cc(F)cc(Cl)c1C1(c2noc(-c3cc(C(F)F)n(CC(N)=O)n3)n2)CC1. The average molecular weight is 426 g/mol. The van der Waals surface area contributed by atoms with Crippen molar-refractivity contribution in [3.05, 3.63) is 51.7 Å². The number of alkyl halides is 2. The molecule has 1 fully saturated rings. The van der Waals surface area contributed by atoms with Gasteiger partial charge in [0.15, 0.2) is 11.5 Å². The number of nitrogens with two attached hydrogens (primary N) is 1. The lowest BCUT2D eigenvalue weighted by Gasteiger charge is -2.16. The van der Waals surface area contributed by atoms with Crippen molar-refractivity contribution in [2.75, 3.05) is 0 Å². The molecule has 2 heterocycles. The van der Waals surface area contributed by atoms with Gasteiger partial charge in [-0.05, 0) is 49.1 Å². The van der Waals surface area contributed by atoms with E-state index in [4.69, 9.17) is 21.9 Å². The van der Waals surface area contributed by atoms with Crippen LogP contribution in [0.4, 0.5) is 13.2 Å². The maximum atomic E-state index is 13.6. The Balaban J connectivity index is 1.72. The van der Waals surface area contributed by atoms with Crippen LogP contribution in [-0.4, -0.2) is 25.8 Å². The van der Waals surface area contributed by atoms with E-state index in [1.54, 1.807) is 6.92 Å². The van der Waals surface area contributed by atoms with Crippen molar-refractivity contribution >= 4 is 17.5 Å². The second kappa shape index (κ2) is 6.87. The topological polar surface area (TPSA) is 99.8 Å². The number of nitrogens with zero attached hydrogens (tertiary/aromatic N) is 4. The largest absolute Gasteiger partial charge is 0.368 e. The molecular weight excluding hydrogens is 411 g/mol. The molecule has 1 saturated carbocycles.